The highest BCUT2D eigenvalue weighted by atomic mass is 35.5. The molecule has 8 heteroatoms. The van der Waals surface area contributed by atoms with Crippen molar-refractivity contribution < 1.29 is 4.74 Å². The lowest BCUT2D eigenvalue weighted by Gasteiger charge is -2.18. The first kappa shape index (κ1) is 18.6. The van der Waals surface area contributed by atoms with Gasteiger partial charge >= 0.3 is 0 Å². The van der Waals surface area contributed by atoms with Gasteiger partial charge in [0.15, 0.2) is 10.6 Å². The van der Waals surface area contributed by atoms with E-state index in [1.165, 1.54) is 0 Å². The molecule has 1 aromatic carbocycles. The number of pyridine rings is 1. The molecule has 0 saturated carbocycles. The minimum absolute atomic E-state index is 0.549. The predicted octanol–water partition coefficient (Wildman–Crippen LogP) is 3.76. The number of hydrogen-bond donors (Lipinski definition) is 0. The van der Waals surface area contributed by atoms with Crippen LogP contribution in [0.2, 0.25) is 5.02 Å². The smallest absolute Gasteiger partial charge is 0.199 e. The summed E-state index contributed by atoms with van der Waals surface area (Å²) >= 11 is 11.7. The molecule has 26 heavy (non-hydrogen) atoms. The number of hydrogen-bond acceptors (Lipinski definition) is 5. The Morgan fingerprint density at radius 3 is 2.65 bits per heavy atom. The topological polar surface area (TPSA) is 48.1 Å². The van der Waals surface area contributed by atoms with Gasteiger partial charge in [0, 0.05) is 42.1 Å². The minimum Gasteiger partial charge on any atom is -0.496 e. The summed E-state index contributed by atoms with van der Waals surface area (Å²) in [6, 6.07) is 9.44. The molecule has 0 unspecified atom stereocenters. The third-order valence-electron chi connectivity index (χ3n) is 4.04. The van der Waals surface area contributed by atoms with Crippen LogP contribution in [-0.4, -0.2) is 38.4 Å². The summed E-state index contributed by atoms with van der Waals surface area (Å²) in [5.74, 6) is 1.62. The lowest BCUT2D eigenvalue weighted by molar-refractivity contribution is 0.240. The fraction of sp³-hybridized carbons (Fsp3) is 0.278. The van der Waals surface area contributed by atoms with Crippen LogP contribution in [0.4, 0.5) is 0 Å². The molecule has 2 aromatic heterocycles. The van der Waals surface area contributed by atoms with E-state index in [0.29, 0.717) is 23.0 Å². The van der Waals surface area contributed by atoms with Crippen molar-refractivity contribution in [3.8, 4) is 17.1 Å². The summed E-state index contributed by atoms with van der Waals surface area (Å²) in [6.07, 6.45) is 3.49. The standard InChI is InChI=1S/C18H20ClN5OS/c1-22(11-14-10-15(19)4-5-16(14)25-3)12-24-18(26)23(2)17(21-24)13-6-8-20-9-7-13/h4-10H,11-12H2,1-3H3. The zero-order valence-electron chi connectivity index (χ0n) is 14.9. The van der Waals surface area contributed by atoms with Gasteiger partial charge < -0.3 is 9.30 Å². The number of halogens is 1. The van der Waals surface area contributed by atoms with Gasteiger partial charge in [-0.25, -0.2) is 4.68 Å². The van der Waals surface area contributed by atoms with Crippen molar-refractivity contribution in [1.82, 2.24) is 24.2 Å². The van der Waals surface area contributed by atoms with Crippen molar-refractivity contribution in [2.24, 2.45) is 7.05 Å². The van der Waals surface area contributed by atoms with Crippen molar-refractivity contribution in [3.63, 3.8) is 0 Å². The Hall–Kier alpha value is -2.22. The molecule has 0 atom stereocenters. The Morgan fingerprint density at radius 2 is 1.96 bits per heavy atom. The Morgan fingerprint density at radius 1 is 1.23 bits per heavy atom. The fourth-order valence-corrected chi connectivity index (χ4v) is 3.15. The first-order valence-corrected chi connectivity index (χ1v) is 8.83. The van der Waals surface area contributed by atoms with Crippen molar-refractivity contribution >= 4 is 23.8 Å². The molecule has 0 radical (unpaired) electrons. The van der Waals surface area contributed by atoms with Gasteiger partial charge in [-0.1, -0.05) is 11.6 Å². The quantitative estimate of drug-likeness (QED) is 0.601. The van der Waals surface area contributed by atoms with E-state index in [0.717, 1.165) is 22.7 Å². The third kappa shape index (κ3) is 3.95. The molecule has 0 aliphatic rings. The molecule has 0 saturated heterocycles. The van der Waals surface area contributed by atoms with Gasteiger partial charge in [-0.05, 0) is 49.6 Å². The SMILES string of the molecule is COc1ccc(Cl)cc1CN(C)Cn1nc(-c2ccncc2)n(C)c1=S. The molecule has 0 spiro atoms. The largest absolute Gasteiger partial charge is 0.496 e. The zero-order chi connectivity index (χ0) is 18.7. The maximum Gasteiger partial charge on any atom is 0.199 e. The second-order valence-electron chi connectivity index (χ2n) is 6.01. The van der Waals surface area contributed by atoms with Gasteiger partial charge in [-0.15, -0.1) is 0 Å². The summed E-state index contributed by atoms with van der Waals surface area (Å²) in [6.45, 7) is 1.21. The van der Waals surface area contributed by atoms with Crippen LogP contribution >= 0.6 is 23.8 Å². The number of methoxy groups -OCH3 is 1. The number of nitrogens with zero attached hydrogens (tertiary/aromatic N) is 5. The maximum absolute atomic E-state index is 6.12. The molecule has 136 valence electrons. The molecule has 3 aromatic rings. The highest BCUT2D eigenvalue weighted by molar-refractivity contribution is 7.71. The zero-order valence-corrected chi connectivity index (χ0v) is 16.5. The number of benzene rings is 1. The van der Waals surface area contributed by atoms with Gasteiger partial charge in [0.1, 0.15) is 5.75 Å². The summed E-state index contributed by atoms with van der Waals surface area (Å²) in [5.41, 5.74) is 1.99. The van der Waals surface area contributed by atoms with E-state index < -0.39 is 0 Å². The first-order valence-electron chi connectivity index (χ1n) is 8.05. The normalized spacial score (nSPS) is 11.1. The van der Waals surface area contributed by atoms with Crippen molar-refractivity contribution in [2.75, 3.05) is 14.2 Å². The van der Waals surface area contributed by atoms with Crippen LogP contribution in [0.1, 0.15) is 5.56 Å². The number of ether oxygens (including phenoxy) is 1. The van der Waals surface area contributed by atoms with Gasteiger partial charge in [0.05, 0.1) is 13.8 Å². The summed E-state index contributed by atoms with van der Waals surface area (Å²) < 4.78 is 9.78. The molecular formula is C18H20ClN5OS. The van der Waals surface area contributed by atoms with E-state index in [9.17, 15) is 0 Å². The molecular weight excluding hydrogens is 370 g/mol. The Labute approximate surface area is 162 Å². The van der Waals surface area contributed by atoms with Crippen LogP contribution in [0.3, 0.4) is 0 Å². The molecule has 3 rings (SSSR count). The van der Waals surface area contributed by atoms with Crippen molar-refractivity contribution in [1.29, 1.82) is 0 Å². The van der Waals surface area contributed by atoms with Gasteiger partial charge in [-0.2, -0.15) is 5.10 Å². The van der Waals surface area contributed by atoms with Crippen LogP contribution in [0.25, 0.3) is 11.4 Å². The molecule has 6 nitrogen and oxygen atoms in total. The monoisotopic (exact) mass is 389 g/mol. The van der Waals surface area contributed by atoms with E-state index in [-0.39, 0.29) is 0 Å². The molecule has 0 aliphatic heterocycles. The van der Waals surface area contributed by atoms with E-state index in [2.05, 4.69) is 15.0 Å². The highest BCUT2D eigenvalue weighted by Gasteiger charge is 2.13. The summed E-state index contributed by atoms with van der Waals surface area (Å²) in [5, 5.41) is 5.35. The van der Waals surface area contributed by atoms with E-state index in [1.54, 1.807) is 19.5 Å². The Bertz CT molecular complexity index is 954. The van der Waals surface area contributed by atoms with Crippen LogP contribution < -0.4 is 4.74 Å². The molecule has 0 fully saturated rings. The van der Waals surface area contributed by atoms with E-state index in [4.69, 9.17) is 28.6 Å². The fourth-order valence-electron chi connectivity index (χ4n) is 2.77. The van der Waals surface area contributed by atoms with E-state index >= 15 is 0 Å². The first-order chi connectivity index (χ1) is 12.5. The third-order valence-corrected chi connectivity index (χ3v) is 4.76. The Kier molecular flexibility index (Phi) is 5.70. The molecule has 0 N–H and O–H groups in total. The lowest BCUT2D eigenvalue weighted by Crippen LogP contribution is -2.23. The van der Waals surface area contributed by atoms with Crippen LogP contribution in [0.5, 0.6) is 5.75 Å². The lowest BCUT2D eigenvalue weighted by atomic mass is 10.2. The minimum atomic E-state index is 0.549. The van der Waals surface area contributed by atoms with Crippen LogP contribution in [0.15, 0.2) is 42.7 Å². The second-order valence-corrected chi connectivity index (χ2v) is 6.81. The van der Waals surface area contributed by atoms with Crippen molar-refractivity contribution in [3.05, 3.63) is 58.1 Å². The number of aromatic nitrogens is 4. The average molecular weight is 390 g/mol. The van der Waals surface area contributed by atoms with Gasteiger partial charge in [0.2, 0.25) is 0 Å². The molecule has 0 amide bonds. The maximum atomic E-state index is 6.12. The molecule has 2 heterocycles. The summed E-state index contributed by atoms with van der Waals surface area (Å²) in [4.78, 5) is 6.15. The second kappa shape index (κ2) is 7.99. The van der Waals surface area contributed by atoms with Crippen LogP contribution in [0, 0.1) is 4.77 Å². The van der Waals surface area contributed by atoms with Crippen LogP contribution in [-0.2, 0) is 20.3 Å². The Balaban J connectivity index is 1.81. The van der Waals surface area contributed by atoms with Gasteiger partial charge in [-0.3, -0.25) is 9.88 Å². The predicted molar refractivity (Wildman–Crippen MR) is 105 cm³/mol. The number of rotatable bonds is 6. The summed E-state index contributed by atoms with van der Waals surface area (Å²) in [7, 11) is 5.58. The van der Waals surface area contributed by atoms with E-state index in [1.807, 2.05) is 53.7 Å². The van der Waals surface area contributed by atoms with Gasteiger partial charge in [0.25, 0.3) is 0 Å². The molecule has 0 bridgehead atoms. The highest BCUT2D eigenvalue weighted by Crippen LogP contribution is 2.24. The van der Waals surface area contributed by atoms with Crippen molar-refractivity contribution in [2.45, 2.75) is 13.2 Å². The molecule has 0 aliphatic carbocycles. The average Bonchev–Trinajstić information content (AvgIpc) is 2.91.